The van der Waals surface area contributed by atoms with E-state index in [9.17, 15) is 4.39 Å². The molecule has 0 saturated heterocycles. The van der Waals surface area contributed by atoms with Crippen LogP contribution < -0.4 is 15.4 Å². The van der Waals surface area contributed by atoms with Gasteiger partial charge in [0.15, 0.2) is 0 Å². The predicted octanol–water partition coefficient (Wildman–Crippen LogP) is 3.05. The molecule has 4 heteroatoms. The number of nitrogens with zero attached hydrogens (tertiary/aromatic N) is 1. The Morgan fingerprint density at radius 3 is 2.74 bits per heavy atom. The molecule has 0 aliphatic heterocycles. The van der Waals surface area contributed by atoms with E-state index >= 15 is 0 Å². The van der Waals surface area contributed by atoms with Gasteiger partial charge in [-0.25, -0.2) is 4.39 Å². The Kier molecular flexibility index (Phi) is 3.90. The van der Waals surface area contributed by atoms with Crippen LogP contribution >= 0.6 is 0 Å². The van der Waals surface area contributed by atoms with Crippen molar-refractivity contribution in [2.75, 3.05) is 24.8 Å². The minimum Gasteiger partial charge on any atom is -0.497 e. The van der Waals surface area contributed by atoms with E-state index < -0.39 is 0 Å². The van der Waals surface area contributed by atoms with E-state index in [2.05, 4.69) is 0 Å². The summed E-state index contributed by atoms with van der Waals surface area (Å²) in [5, 5.41) is 0. The monoisotopic (exact) mass is 260 g/mol. The number of hydrogen-bond acceptors (Lipinski definition) is 3. The second kappa shape index (κ2) is 5.61. The molecule has 100 valence electrons. The highest BCUT2D eigenvalue weighted by atomic mass is 19.1. The van der Waals surface area contributed by atoms with Crippen LogP contribution in [0.25, 0.3) is 0 Å². The van der Waals surface area contributed by atoms with Crippen LogP contribution in [-0.4, -0.2) is 14.2 Å². The van der Waals surface area contributed by atoms with Gasteiger partial charge < -0.3 is 15.4 Å². The van der Waals surface area contributed by atoms with Gasteiger partial charge >= 0.3 is 0 Å². The van der Waals surface area contributed by atoms with Crippen LogP contribution in [0.3, 0.4) is 0 Å². The zero-order valence-corrected chi connectivity index (χ0v) is 11.1. The van der Waals surface area contributed by atoms with Crippen molar-refractivity contribution in [3.63, 3.8) is 0 Å². The van der Waals surface area contributed by atoms with Crippen LogP contribution in [0.1, 0.15) is 5.56 Å². The minimum absolute atomic E-state index is 0.290. The number of methoxy groups -OCH3 is 1. The Bertz CT molecular complexity index is 572. The highest BCUT2D eigenvalue weighted by molar-refractivity contribution is 5.67. The Balaban J connectivity index is 2.20. The molecule has 0 fully saturated rings. The molecular formula is C15H17FN2O. The third kappa shape index (κ3) is 3.16. The van der Waals surface area contributed by atoms with Gasteiger partial charge in [-0.3, -0.25) is 0 Å². The van der Waals surface area contributed by atoms with Crippen LogP contribution in [0.4, 0.5) is 15.8 Å². The molecule has 19 heavy (non-hydrogen) atoms. The van der Waals surface area contributed by atoms with E-state index in [0.29, 0.717) is 17.9 Å². The maximum atomic E-state index is 13.3. The lowest BCUT2D eigenvalue weighted by Gasteiger charge is -2.21. The van der Waals surface area contributed by atoms with Crippen molar-refractivity contribution in [3.8, 4) is 5.75 Å². The number of nitrogen functional groups attached to an aromatic ring is 1. The molecular weight excluding hydrogens is 243 g/mol. The molecule has 0 aliphatic rings. The average Bonchev–Trinajstić information content (AvgIpc) is 2.41. The Labute approximate surface area is 112 Å². The molecule has 0 atom stereocenters. The van der Waals surface area contributed by atoms with Crippen LogP contribution in [0.5, 0.6) is 5.75 Å². The zero-order chi connectivity index (χ0) is 13.8. The van der Waals surface area contributed by atoms with Gasteiger partial charge in [-0.1, -0.05) is 12.1 Å². The molecule has 0 aliphatic carbocycles. The molecule has 2 N–H and O–H groups in total. The summed E-state index contributed by atoms with van der Waals surface area (Å²) in [5.41, 5.74) is 8.19. The number of hydrogen-bond donors (Lipinski definition) is 1. The van der Waals surface area contributed by atoms with E-state index in [1.807, 2.05) is 36.2 Å². The highest BCUT2D eigenvalue weighted by Gasteiger charge is 2.08. The lowest BCUT2D eigenvalue weighted by Crippen LogP contribution is -2.18. The summed E-state index contributed by atoms with van der Waals surface area (Å²) in [4.78, 5) is 1.91. The van der Waals surface area contributed by atoms with Crippen LogP contribution in [0.15, 0.2) is 42.5 Å². The first kappa shape index (κ1) is 13.2. The van der Waals surface area contributed by atoms with Crippen molar-refractivity contribution >= 4 is 11.4 Å². The molecule has 0 spiro atoms. The summed E-state index contributed by atoms with van der Waals surface area (Å²) >= 11 is 0. The summed E-state index contributed by atoms with van der Waals surface area (Å²) in [7, 11) is 3.51. The number of nitrogens with two attached hydrogens (primary N) is 1. The second-order valence-electron chi connectivity index (χ2n) is 4.41. The lowest BCUT2D eigenvalue weighted by atomic mass is 10.2. The van der Waals surface area contributed by atoms with Gasteiger partial charge in [0, 0.05) is 13.6 Å². The highest BCUT2D eigenvalue weighted by Crippen LogP contribution is 2.25. The smallest absolute Gasteiger partial charge is 0.125 e. The van der Waals surface area contributed by atoms with E-state index in [4.69, 9.17) is 10.5 Å². The Morgan fingerprint density at radius 2 is 2.00 bits per heavy atom. The first-order chi connectivity index (χ1) is 9.10. The van der Waals surface area contributed by atoms with Gasteiger partial charge in [0.25, 0.3) is 0 Å². The van der Waals surface area contributed by atoms with E-state index in [1.54, 1.807) is 13.2 Å². The number of rotatable bonds is 4. The molecule has 0 heterocycles. The van der Waals surface area contributed by atoms with Gasteiger partial charge in [-0.15, -0.1) is 0 Å². The third-order valence-corrected chi connectivity index (χ3v) is 2.96. The second-order valence-corrected chi connectivity index (χ2v) is 4.41. The first-order valence-corrected chi connectivity index (χ1v) is 5.99. The van der Waals surface area contributed by atoms with Crippen molar-refractivity contribution in [2.24, 2.45) is 0 Å². The molecule has 0 bridgehead atoms. The molecule has 0 aromatic heterocycles. The number of ether oxygens (including phenoxy) is 1. The fourth-order valence-corrected chi connectivity index (χ4v) is 1.98. The first-order valence-electron chi connectivity index (χ1n) is 5.99. The maximum Gasteiger partial charge on any atom is 0.125 e. The van der Waals surface area contributed by atoms with Crippen LogP contribution in [0, 0.1) is 5.82 Å². The van der Waals surface area contributed by atoms with Crippen molar-refractivity contribution in [3.05, 3.63) is 53.8 Å². The van der Waals surface area contributed by atoms with Crippen molar-refractivity contribution in [1.82, 2.24) is 0 Å². The summed E-state index contributed by atoms with van der Waals surface area (Å²) < 4.78 is 18.4. The fraction of sp³-hybridized carbons (Fsp3) is 0.200. The lowest BCUT2D eigenvalue weighted by molar-refractivity contribution is 0.414. The number of anilines is 2. The maximum absolute atomic E-state index is 13.3. The van der Waals surface area contributed by atoms with Crippen LogP contribution in [-0.2, 0) is 6.54 Å². The van der Waals surface area contributed by atoms with E-state index in [-0.39, 0.29) is 5.82 Å². The standard InChI is InChI=1S/C15H17FN2O/c1-18(15-9-12(16)6-7-14(15)17)10-11-4-3-5-13(8-11)19-2/h3-9H,10,17H2,1-2H3. The molecule has 0 saturated carbocycles. The van der Waals surface area contributed by atoms with Crippen molar-refractivity contribution in [2.45, 2.75) is 6.54 Å². The largest absolute Gasteiger partial charge is 0.497 e. The normalized spacial score (nSPS) is 10.3. The van der Waals surface area contributed by atoms with E-state index in [1.165, 1.54) is 12.1 Å². The SMILES string of the molecule is COc1cccc(CN(C)c2cc(F)ccc2N)c1. The fourth-order valence-electron chi connectivity index (χ4n) is 1.98. The van der Waals surface area contributed by atoms with Gasteiger partial charge in [-0.05, 0) is 35.9 Å². The Hall–Kier alpha value is -2.23. The molecule has 3 nitrogen and oxygen atoms in total. The summed E-state index contributed by atoms with van der Waals surface area (Å²) in [6.07, 6.45) is 0. The molecule has 2 aromatic carbocycles. The summed E-state index contributed by atoms with van der Waals surface area (Å²) in [6.45, 7) is 0.630. The van der Waals surface area contributed by atoms with Crippen molar-refractivity contribution < 1.29 is 9.13 Å². The van der Waals surface area contributed by atoms with Crippen molar-refractivity contribution in [1.29, 1.82) is 0 Å². The Morgan fingerprint density at radius 1 is 1.21 bits per heavy atom. The summed E-state index contributed by atoms with van der Waals surface area (Å²) in [6, 6.07) is 12.1. The van der Waals surface area contributed by atoms with Crippen LogP contribution in [0.2, 0.25) is 0 Å². The minimum atomic E-state index is -0.290. The molecule has 0 amide bonds. The number of benzene rings is 2. The summed E-state index contributed by atoms with van der Waals surface area (Å²) in [5.74, 6) is 0.514. The van der Waals surface area contributed by atoms with Gasteiger partial charge in [0.1, 0.15) is 11.6 Å². The zero-order valence-electron chi connectivity index (χ0n) is 11.1. The molecule has 0 radical (unpaired) electrons. The molecule has 2 aromatic rings. The molecule has 0 unspecified atom stereocenters. The average molecular weight is 260 g/mol. The van der Waals surface area contributed by atoms with E-state index in [0.717, 1.165) is 11.3 Å². The quantitative estimate of drug-likeness (QED) is 0.859. The third-order valence-electron chi connectivity index (χ3n) is 2.96. The number of halogens is 1. The van der Waals surface area contributed by atoms with Gasteiger partial charge in [0.05, 0.1) is 18.5 Å². The van der Waals surface area contributed by atoms with Gasteiger partial charge in [-0.2, -0.15) is 0 Å². The van der Waals surface area contributed by atoms with Gasteiger partial charge in [0.2, 0.25) is 0 Å². The predicted molar refractivity (Wildman–Crippen MR) is 75.9 cm³/mol. The topological polar surface area (TPSA) is 38.5 Å². The molecule has 2 rings (SSSR count).